The third kappa shape index (κ3) is 4.04. The minimum Gasteiger partial charge on any atom is -0.392 e. The molecule has 0 saturated heterocycles. The van der Waals surface area contributed by atoms with Crippen LogP contribution < -0.4 is 5.32 Å². The molecule has 2 heterocycles. The maximum absolute atomic E-state index is 9.94. The molecular formula is C14H18ClNOS2. The third-order valence-corrected chi connectivity index (χ3v) is 5.24. The number of rotatable bonds is 6. The highest BCUT2D eigenvalue weighted by Crippen LogP contribution is 2.33. The van der Waals surface area contributed by atoms with Crippen molar-refractivity contribution in [3.63, 3.8) is 0 Å². The van der Waals surface area contributed by atoms with Crippen molar-refractivity contribution >= 4 is 34.3 Å². The van der Waals surface area contributed by atoms with E-state index in [1.807, 2.05) is 32.0 Å². The molecule has 0 aliphatic carbocycles. The van der Waals surface area contributed by atoms with Crippen LogP contribution in [-0.2, 0) is 0 Å². The highest BCUT2D eigenvalue weighted by Gasteiger charge is 2.19. The second-order valence-electron chi connectivity index (χ2n) is 4.81. The number of aliphatic hydroxyl groups excluding tert-OH is 1. The maximum atomic E-state index is 9.94. The number of nitrogens with one attached hydrogen (secondary N) is 1. The molecule has 0 spiro atoms. The molecule has 104 valence electrons. The molecule has 2 aromatic rings. The van der Waals surface area contributed by atoms with E-state index in [1.54, 1.807) is 22.7 Å². The van der Waals surface area contributed by atoms with Crippen molar-refractivity contribution in [3.8, 4) is 0 Å². The lowest BCUT2D eigenvalue weighted by atomic mass is 10.1. The Labute approximate surface area is 127 Å². The van der Waals surface area contributed by atoms with Crippen molar-refractivity contribution in [1.82, 2.24) is 5.32 Å². The van der Waals surface area contributed by atoms with Gasteiger partial charge in [0.05, 0.1) is 16.5 Å². The average Bonchev–Trinajstić information content (AvgIpc) is 3.01. The Balaban J connectivity index is 2.12. The summed E-state index contributed by atoms with van der Waals surface area (Å²) in [7, 11) is 0. The molecule has 2 aromatic heterocycles. The molecule has 0 amide bonds. The van der Waals surface area contributed by atoms with E-state index in [9.17, 15) is 5.11 Å². The van der Waals surface area contributed by atoms with Crippen molar-refractivity contribution in [3.05, 3.63) is 43.7 Å². The summed E-state index contributed by atoms with van der Waals surface area (Å²) in [5, 5.41) is 15.5. The van der Waals surface area contributed by atoms with Crippen LogP contribution in [-0.4, -0.2) is 17.8 Å². The fraction of sp³-hybridized carbons (Fsp3) is 0.429. The van der Waals surface area contributed by atoms with Crippen LogP contribution in [0.2, 0.25) is 4.34 Å². The molecule has 0 fully saturated rings. The first-order chi connectivity index (χ1) is 9.08. The molecule has 0 saturated carbocycles. The summed E-state index contributed by atoms with van der Waals surface area (Å²) in [5.74, 6) is 0.253. The summed E-state index contributed by atoms with van der Waals surface area (Å²) >= 11 is 9.32. The standard InChI is InChI=1S/C14H18ClNOS2/c1-9(2)10(17)8-16-14(11-4-3-7-18-11)12-5-6-13(15)19-12/h3-7,9-10,14,16-17H,8H2,1-2H3. The first-order valence-corrected chi connectivity index (χ1v) is 8.35. The first-order valence-electron chi connectivity index (χ1n) is 6.28. The Kier molecular flexibility index (Phi) is 5.42. The number of hydrogen-bond acceptors (Lipinski definition) is 4. The summed E-state index contributed by atoms with van der Waals surface area (Å²) < 4.78 is 0.794. The molecule has 2 N–H and O–H groups in total. The third-order valence-electron chi connectivity index (χ3n) is 3.01. The van der Waals surface area contributed by atoms with Gasteiger partial charge in [-0.25, -0.2) is 0 Å². The minimum absolute atomic E-state index is 0.117. The molecule has 0 radical (unpaired) electrons. The van der Waals surface area contributed by atoms with E-state index >= 15 is 0 Å². The Morgan fingerprint density at radius 1 is 1.26 bits per heavy atom. The minimum atomic E-state index is -0.335. The fourth-order valence-corrected chi connectivity index (χ4v) is 3.80. The highest BCUT2D eigenvalue weighted by molar-refractivity contribution is 7.16. The normalized spacial score (nSPS) is 14.8. The van der Waals surface area contributed by atoms with Gasteiger partial charge in [0, 0.05) is 16.3 Å². The van der Waals surface area contributed by atoms with E-state index in [1.165, 1.54) is 9.75 Å². The number of halogens is 1. The summed E-state index contributed by atoms with van der Waals surface area (Å²) in [6.45, 7) is 4.62. The van der Waals surface area contributed by atoms with E-state index < -0.39 is 0 Å². The second-order valence-corrected chi connectivity index (χ2v) is 7.54. The van der Waals surface area contributed by atoms with Crippen molar-refractivity contribution in [2.75, 3.05) is 6.54 Å². The van der Waals surface area contributed by atoms with E-state index in [4.69, 9.17) is 11.6 Å². The van der Waals surface area contributed by atoms with Gasteiger partial charge in [-0.1, -0.05) is 31.5 Å². The van der Waals surface area contributed by atoms with Crippen LogP contribution in [0.4, 0.5) is 0 Å². The van der Waals surface area contributed by atoms with E-state index in [0.29, 0.717) is 6.54 Å². The molecule has 2 rings (SSSR count). The number of aliphatic hydroxyl groups is 1. The van der Waals surface area contributed by atoms with Crippen LogP contribution in [0.25, 0.3) is 0 Å². The van der Waals surface area contributed by atoms with Gasteiger partial charge in [-0.05, 0) is 29.5 Å². The lowest BCUT2D eigenvalue weighted by Gasteiger charge is -2.20. The Morgan fingerprint density at radius 2 is 2.05 bits per heavy atom. The molecule has 19 heavy (non-hydrogen) atoms. The zero-order valence-electron chi connectivity index (χ0n) is 11.0. The van der Waals surface area contributed by atoms with Gasteiger partial charge in [0.1, 0.15) is 0 Å². The average molecular weight is 316 g/mol. The fourth-order valence-electron chi connectivity index (χ4n) is 1.75. The van der Waals surface area contributed by atoms with Gasteiger partial charge in [0.25, 0.3) is 0 Å². The molecule has 5 heteroatoms. The molecule has 0 aromatic carbocycles. The summed E-state index contributed by atoms with van der Waals surface area (Å²) in [5.41, 5.74) is 0. The van der Waals surface area contributed by atoms with Crippen molar-refractivity contribution < 1.29 is 5.11 Å². The van der Waals surface area contributed by atoms with Gasteiger partial charge in [-0.15, -0.1) is 22.7 Å². The van der Waals surface area contributed by atoms with Crippen LogP contribution in [0, 0.1) is 5.92 Å². The molecule has 2 atom stereocenters. The SMILES string of the molecule is CC(C)C(O)CNC(c1cccs1)c1ccc(Cl)s1. The van der Waals surface area contributed by atoms with Crippen molar-refractivity contribution in [2.45, 2.75) is 26.0 Å². The highest BCUT2D eigenvalue weighted by atomic mass is 35.5. The van der Waals surface area contributed by atoms with Gasteiger partial charge in [0.2, 0.25) is 0 Å². The quantitative estimate of drug-likeness (QED) is 0.839. The topological polar surface area (TPSA) is 32.3 Å². The lowest BCUT2D eigenvalue weighted by Crippen LogP contribution is -2.33. The van der Waals surface area contributed by atoms with Crippen LogP contribution >= 0.6 is 34.3 Å². The molecule has 2 unspecified atom stereocenters. The molecule has 2 nitrogen and oxygen atoms in total. The molecular weight excluding hydrogens is 298 g/mol. The summed E-state index contributed by atoms with van der Waals surface area (Å²) in [6.07, 6.45) is -0.335. The van der Waals surface area contributed by atoms with Gasteiger partial charge in [-0.3, -0.25) is 0 Å². The van der Waals surface area contributed by atoms with Crippen LogP contribution in [0.5, 0.6) is 0 Å². The zero-order chi connectivity index (χ0) is 13.8. The maximum Gasteiger partial charge on any atom is 0.0931 e. The molecule has 0 aliphatic heterocycles. The second kappa shape index (κ2) is 6.86. The summed E-state index contributed by atoms with van der Waals surface area (Å²) in [6, 6.07) is 8.24. The number of thiophene rings is 2. The van der Waals surface area contributed by atoms with E-state index in [0.717, 1.165) is 4.34 Å². The largest absolute Gasteiger partial charge is 0.392 e. The van der Waals surface area contributed by atoms with Crippen LogP contribution in [0.15, 0.2) is 29.6 Å². The Bertz CT molecular complexity index is 495. The van der Waals surface area contributed by atoms with E-state index in [2.05, 4.69) is 16.8 Å². The predicted molar refractivity (Wildman–Crippen MR) is 84.3 cm³/mol. The molecule has 0 bridgehead atoms. The monoisotopic (exact) mass is 315 g/mol. The lowest BCUT2D eigenvalue weighted by molar-refractivity contribution is 0.122. The van der Waals surface area contributed by atoms with Gasteiger partial charge < -0.3 is 10.4 Å². The summed E-state index contributed by atoms with van der Waals surface area (Å²) in [4.78, 5) is 2.43. The van der Waals surface area contributed by atoms with Gasteiger partial charge in [0.15, 0.2) is 0 Å². The van der Waals surface area contributed by atoms with Gasteiger partial charge >= 0.3 is 0 Å². The predicted octanol–water partition coefficient (Wildman–Crippen LogP) is 4.16. The van der Waals surface area contributed by atoms with Crippen molar-refractivity contribution in [1.29, 1.82) is 0 Å². The van der Waals surface area contributed by atoms with Gasteiger partial charge in [-0.2, -0.15) is 0 Å². The van der Waals surface area contributed by atoms with Crippen LogP contribution in [0.3, 0.4) is 0 Å². The Hall–Kier alpha value is -0.390. The smallest absolute Gasteiger partial charge is 0.0931 e. The zero-order valence-corrected chi connectivity index (χ0v) is 13.4. The number of hydrogen-bond donors (Lipinski definition) is 2. The molecule has 0 aliphatic rings. The Morgan fingerprint density at radius 3 is 2.58 bits per heavy atom. The first kappa shape index (κ1) is 15.0. The van der Waals surface area contributed by atoms with Crippen LogP contribution in [0.1, 0.15) is 29.6 Å². The van der Waals surface area contributed by atoms with E-state index in [-0.39, 0.29) is 18.1 Å². The van der Waals surface area contributed by atoms with Crippen molar-refractivity contribution in [2.24, 2.45) is 5.92 Å².